The van der Waals surface area contributed by atoms with Crippen molar-refractivity contribution >= 4 is 16.0 Å². The number of esters is 1. The van der Waals surface area contributed by atoms with Gasteiger partial charge < -0.3 is 9.15 Å². The van der Waals surface area contributed by atoms with E-state index in [0.29, 0.717) is 24.4 Å². The molecular formula is C26H30N2O5S. The van der Waals surface area contributed by atoms with E-state index in [0.717, 1.165) is 11.1 Å². The van der Waals surface area contributed by atoms with E-state index in [4.69, 9.17) is 9.15 Å². The van der Waals surface area contributed by atoms with Crippen molar-refractivity contribution in [3.05, 3.63) is 72.1 Å². The number of rotatable bonds is 6. The molecule has 0 unspecified atom stereocenters. The van der Waals surface area contributed by atoms with Crippen LogP contribution in [0.1, 0.15) is 44.9 Å². The van der Waals surface area contributed by atoms with Crippen molar-refractivity contribution in [2.24, 2.45) is 5.92 Å². The Morgan fingerprint density at radius 2 is 1.71 bits per heavy atom. The lowest BCUT2D eigenvalue weighted by Crippen LogP contribution is -2.40. The summed E-state index contributed by atoms with van der Waals surface area (Å²) in [5.41, 5.74) is 2.42. The third-order valence-electron chi connectivity index (χ3n) is 6.08. The van der Waals surface area contributed by atoms with Crippen LogP contribution >= 0.6 is 0 Å². The number of sulfonamides is 1. The molecule has 7 nitrogen and oxygen atoms in total. The molecule has 2 aromatic carbocycles. The highest BCUT2D eigenvalue weighted by molar-refractivity contribution is 7.89. The monoisotopic (exact) mass is 482 g/mol. The Hall–Kier alpha value is -2.97. The number of hydrogen-bond acceptors (Lipinski definition) is 6. The summed E-state index contributed by atoms with van der Waals surface area (Å²) in [6.45, 7) is 6.85. The molecule has 0 saturated carbocycles. The predicted molar refractivity (Wildman–Crippen MR) is 128 cm³/mol. The highest BCUT2D eigenvalue weighted by atomic mass is 32.2. The summed E-state index contributed by atoms with van der Waals surface area (Å²) < 4.78 is 38.5. The molecule has 0 aliphatic carbocycles. The first-order valence-electron chi connectivity index (χ1n) is 11.4. The van der Waals surface area contributed by atoms with Crippen molar-refractivity contribution in [3.63, 3.8) is 0 Å². The molecule has 4 rings (SSSR count). The Labute approximate surface area is 200 Å². The lowest BCUT2D eigenvalue weighted by atomic mass is 9.87. The molecule has 8 heteroatoms. The van der Waals surface area contributed by atoms with Crippen LogP contribution in [0.3, 0.4) is 0 Å². The van der Waals surface area contributed by atoms with Crippen LogP contribution in [-0.4, -0.2) is 36.8 Å². The third kappa shape index (κ3) is 5.39. The second-order valence-electron chi connectivity index (χ2n) is 9.57. The normalized spacial score (nSPS) is 15.9. The van der Waals surface area contributed by atoms with Gasteiger partial charge in [0.2, 0.25) is 15.9 Å². The Kier molecular flexibility index (Phi) is 6.91. The van der Waals surface area contributed by atoms with Crippen molar-refractivity contribution in [1.82, 2.24) is 9.29 Å². The fourth-order valence-electron chi connectivity index (χ4n) is 3.96. The molecule has 3 aromatic rings. The Bertz CT molecular complexity index is 1220. The average molecular weight is 483 g/mol. The van der Waals surface area contributed by atoms with Crippen molar-refractivity contribution in [2.45, 2.75) is 50.5 Å². The molecule has 0 radical (unpaired) electrons. The highest BCUT2D eigenvalue weighted by Crippen LogP contribution is 2.28. The quantitative estimate of drug-likeness (QED) is 0.470. The minimum atomic E-state index is -3.59. The lowest BCUT2D eigenvalue weighted by molar-refractivity contribution is -0.151. The van der Waals surface area contributed by atoms with E-state index in [1.165, 1.54) is 10.6 Å². The Morgan fingerprint density at radius 3 is 2.32 bits per heavy atom. The average Bonchev–Trinajstić information content (AvgIpc) is 3.32. The molecule has 1 aromatic heterocycles. The van der Waals surface area contributed by atoms with Gasteiger partial charge in [0.15, 0.2) is 0 Å². The first-order chi connectivity index (χ1) is 16.1. The standard InChI is InChI=1S/C26H30N2O5S/c1-26(2,3)21-9-11-23(12-10-21)34(30,31)28-15-13-20(14-16-28)25(29)33-18-22-17-32-24(27-22)19-7-5-4-6-8-19/h4-12,17,20H,13-16,18H2,1-3H3. The van der Waals surface area contributed by atoms with Crippen LogP contribution in [0.25, 0.3) is 11.5 Å². The van der Waals surface area contributed by atoms with E-state index in [-0.39, 0.29) is 41.9 Å². The van der Waals surface area contributed by atoms with Crippen molar-refractivity contribution in [1.29, 1.82) is 0 Å². The van der Waals surface area contributed by atoms with Gasteiger partial charge in [0.25, 0.3) is 0 Å². The fourth-order valence-corrected chi connectivity index (χ4v) is 5.43. The highest BCUT2D eigenvalue weighted by Gasteiger charge is 2.33. The fraction of sp³-hybridized carbons (Fsp3) is 0.385. The molecular weight excluding hydrogens is 452 g/mol. The Morgan fingerprint density at radius 1 is 1.06 bits per heavy atom. The molecule has 0 amide bonds. The molecule has 1 fully saturated rings. The summed E-state index contributed by atoms with van der Waals surface area (Å²) in [5.74, 6) is -0.202. The molecule has 2 heterocycles. The van der Waals surface area contributed by atoms with Gasteiger partial charge in [-0.15, -0.1) is 0 Å². The zero-order valence-corrected chi connectivity index (χ0v) is 20.5. The van der Waals surface area contributed by atoms with Gasteiger partial charge in [-0.2, -0.15) is 4.31 Å². The van der Waals surface area contributed by atoms with Crippen LogP contribution in [0, 0.1) is 5.92 Å². The number of ether oxygens (including phenoxy) is 1. The maximum atomic E-state index is 13.0. The van der Waals surface area contributed by atoms with Gasteiger partial charge in [0.05, 0.1) is 10.8 Å². The summed E-state index contributed by atoms with van der Waals surface area (Å²) in [6.07, 6.45) is 2.33. The first kappa shape index (κ1) is 24.2. The van der Waals surface area contributed by atoms with E-state index >= 15 is 0 Å². The van der Waals surface area contributed by atoms with Crippen LogP contribution < -0.4 is 0 Å². The van der Waals surface area contributed by atoms with Crippen LogP contribution in [-0.2, 0) is 31.6 Å². The number of aromatic nitrogens is 1. The largest absolute Gasteiger partial charge is 0.459 e. The van der Waals surface area contributed by atoms with E-state index < -0.39 is 10.0 Å². The van der Waals surface area contributed by atoms with E-state index in [9.17, 15) is 13.2 Å². The third-order valence-corrected chi connectivity index (χ3v) is 7.99. The molecule has 0 spiro atoms. The number of carbonyl (C=O) groups excluding carboxylic acids is 1. The minimum absolute atomic E-state index is 0.0216. The molecule has 0 atom stereocenters. The van der Waals surface area contributed by atoms with Crippen molar-refractivity contribution < 1.29 is 22.4 Å². The van der Waals surface area contributed by atoms with Gasteiger partial charge in [0.1, 0.15) is 18.6 Å². The lowest BCUT2D eigenvalue weighted by Gasteiger charge is -2.30. The minimum Gasteiger partial charge on any atom is -0.459 e. The van der Waals surface area contributed by atoms with Crippen molar-refractivity contribution in [3.8, 4) is 11.5 Å². The maximum Gasteiger partial charge on any atom is 0.309 e. The van der Waals surface area contributed by atoms with Gasteiger partial charge in [-0.3, -0.25) is 4.79 Å². The van der Waals surface area contributed by atoms with E-state index in [1.807, 2.05) is 42.5 Å². The predicted octanol–water partition coefficient (Wildman–Crippen LogP) is 4.78. The molecule has 1 aliphatic heterocycles. The second-order valence-corrected chi connectivity index (χ2v) is 11.5. The molecule has 0 N–H and O–H groups in total. The molecule has 180 valence electrons. The zero-order valence-electron chi connectivity index (χ0n) is 19.7. The van der Waals surface area contributed by atoms with Crippen LogP contribution in [0.2, 0.25) is 0 Å². The topological polar surface area (TPSA) is 89.7 Å². The number of nitrogens with zero attached hydrogens (tertiary/aromatic N) is 2. The van der Waals surface area contributed by atoms with Gasteiger partial charge in [-0.05, 0) is 48.1 Å². The van der Waals surface area contributed by atoms with Crippen LogP contribution in [0.15, 0.2) is 70.2 Å². The number of oxazole rings is 1. The zero-order chi connectivity index (χ0) is 24.3. The number of benzene rings is 2. The van der Waals surface area contributed by atoms with Crippen molar-refractivity contribution in [2.75, 3.05) is 13.1 Å². The second kappa shape index (κ2) is 9.72. The first-order valence-corrected chi connectivity index (χ1v) is 12.9. The summed E-state index contributed by atoms with van der Waals surface area (Å²) >= 11 is 0. The number of hydrogen-bond donors (Lipinski definition) is 0. The van der Waals surface area contributed by atoms with E-state index in [2.05, 4.69) is 25.8 Å². The van der Waals surface area contributed by atoms with Gasteiger partial charge >= 0.3 is 5.97 Å². The van der Waals surface area contributed by atoms with Gasteiger partial charge in [0, 0.05) is 18.7 Å². The SMILES string of the molecule is CC(C)(C)c1ccc(S(=O)(=O)N2CCC(C(=O)OCc3coc(-c4ccccc4)n3)CC2)cc1. The molecule has 34 heavy (non-hydrogen) atoms. The van der Waals surface area contributed by atoms with Crippen LogP contribution in [0.4, 0.5) is 0 Å². The van der Waals surface area contributed by atoms with Gasteiger partial charge in [-0.1, -0.05) is 51.1 Å². The molecule has 1 saturated heterocycles. The summed E-state index contributed by atoms with van der Waals surface area (Å²) in [6, 6.07) is 16.5. The van der Waals surface area contributed by atoms with E-state index in [1.54, 1.807) is 12.1 Å². The summed E-state index contributed by atoms with van der Waals surface area (Å²) in [7, 11) is -3.59. The van der Waals surface area contributed by atoms with Crippen LogP contribution in [0.5, 0.6) is 0 Å². The summed E-state index contributed by atoms with van der Waals surface area (Å²) in [5, 5.41) is 0. The number of carbonyl (C=O) groups is 1. The Balaban J connectivity index is 1.30. The smallest absolute Gasteiger partial charge is 0.309 e. The summed E-state index contributed by atoms with van der Waals surface area (Å²) in [4.78, 5) is 17.2. The molecule has 1 aliphatic rings. The maximum absolute atomic E-state index is 13.0. The van der Waals surface area contributed by atoms with Gasteiger partial charge in [-0.25, -0.2) is 13.4 Å². The number of piperidine rings is 1. The molecule has 0 bridgehead atoms.